The van der Waals surface area contributed by atoms with Crippen molar-refractivity contribution in [3.8, 4) is 0 Å². The molecule has 192 valence electrons. The number of rotatable bonds is 7. The van der Waals surface area contributed by atoms with Gasteiger partial charge in [-0.2, -0.15) is 0 Å². The van der Waals surface area contributed by atoms with Crippen LogP contribution in [0.3, 0.4) is 0 Å². The maximum absolute atomic E-state index is 12.9. The number of hydrogen-bond donors (Lipinski definition) is 2. The molecule has 3 aromatic heterocycles. The van der Waals surface area contributed by atoms with Crippen molar-refractivity contribution < 1.29 is 8.42 Å². The highest BCUT2D eigenvalue weighted by atomic mass is 32.2. The van der Waals surface area contributed by atoms with Crippen LogP contribution in [0.2, 0.25) is 0 Å². The van der Waals surface area contributed by atoms with Crippen LogP contribution in [0.15, 0.2) is 68.1 Å². The molecule has 2 aromatic carbocycles. The highest BCUT2D eigenvalue weighted by Gasteiger charge is 2.17. The van der Waals surface area contributed by atoms with Gasteiger partial charge in [-0.15, -0.1) is 0 Å². The third kappa shape index (κ3) is 4.21. The van der Waals surface area contributed by atoms with Gasteiger partial charge in [-0.05, 0) is 36.2 Å². The molecule has 0 bridgehead atoms. The Morgan fingerprint density at radius 2 is 1.62 bits per heavy atom. The first-order valence-corrected chi connectivity index (χ1v) is 13.0. The summed E-state index contributed by atoms with van der Waals surface area (Å²) >= 11 is 0. The van der Waals surface area contributed by atoms with Crippen molar-refractivity contribution in [1.82, 2.24) is 33.0 Å². The van der Waals surface area contributed by atoms with Gasteiger partial charge in [-0.3, -0.25) is 23.5 Å². The average molecular weight is 524 g/mol. The number of fused-ring (bicyclic) bond motifs is 2. The molecule has 0 amide bonds. The summed E-state index contributed by atoms with van der Waals surface area (Å²) in [6.07, 6.45) is 1.53. The summed E-state index contributed by atoms with van der Waals surface area (Å²) in [6.45, 7) is 2.66. The Morgan fingerprint density at radius 1 is 0.946 bits per heavy atom. The van der Waals surface area contributed by atoms with Gasteiger partial charge >= 0.3 is 11.4 Å². The summed E-state index contributed by atoms with van der Waals surface area (Å²) in [6, 6.07) is 11.7. The fraction of sp³-hybridized carbons (Fsp3) is 0.250. The summed E-state index contributed by atoms with van der Waals surface area (Å²) in [5.74, 6) is 0. The smallest absolute Gasteiger partial charge is 0.325 e. The molecular weight excluding hydrogens is 498 g/mol. The molecule has 13 heteroatoms. The van der Waals surface area contributed by atoms with Crippen LogP contribution < -0.4 is 21.7 Å². The lowest BCUT2D eigenvalue weighted by atomic mass is 10.1. The second-order valence-corrected chi connectivity index (χ2v) is 10.5. The number of nitrogens with one attached hydrogen (secondary N) is 2. The van der Waals surface area contributed by atoms with E-state index in [9.17, 15) is 22.8 Å². The number of aryl methyl sites for hydroxylation is 3. The Balaban J connectivity index is 1.34. The number of imidazole rings is 2. The number of aromatic nitrogens is 6. The minimum atomic E-state index is -3.83. The van der Waals surface area contributed by atoms with Crippen molar-refractivity contribution in [3.63, 3.8) is 0 Å². The van der Waals surface area contributed by atoms with Crippen LogP contribution in [0, 0.1) is 0 Å². The first-order chi connectivity index (χ1) is 17.6. The van der Waals surface area contributed by atoms with E-state index in [-0.39, 0.29) is 23.7 Å². The molecule has 5 aromatic rings. The minimum Gasteiger partial charge on any atom is -0.325 e. The van der Waals surface area contributed by atoms with Gasteiger partial charge in [0.1, 0.15) is 0 Å². The van der Waals surface area contributed by atoms with Crippen LogP contribution in [0.5, 0.6) is 0 Å². The van der Waals surface area contributed by atoms with Crippen molar-refractivity contribution in [3.05, 3.63) is 91.2 Å². The standard InChI is InChI=1S/C24H25N7O5S/c1-4-30-14-25-21-20(30)22(32)27-23(33)31(21)13-16-7-5-15(6-8-16)12-26-37(35,36)17-9-10-18-19(11-17)29(3)24(34)28(18)2/h5-11,14,26H,4,12-13H2,1-3H3,(H,27,32,33). The number of hydrogen-bond acceptors (Lipinski definition) is 6. The topological polar surface area (TPSA) is 146 Å². The predicted octanol–water partition coefficient (Wildman–Crippen LogP) is 0.623. The predicted molar refractivity (Wildman–Crippen MR) is 138 cm³/mol. The van der Waals surface area contributed by atoms with Crippen molar-refractivity contribution in [2.45, 2.75) is 31.5 Å². The summed E-state index contributed by atoms with van der Waals surface area (Å²) in [4.78, 5) is 43.5. The molecule has 0 spiro atoms. The molecule has 37 heavy (non-hydrogen) atoms. The number of H-pyrrole nitrogens is 1. The Bertz CT molecular complexity index is 1940. The molecule has 0 saturated carbocycles. The van der Waals surface area contributed by atoms with Gasteiger partial charge < -0.3 is 4.57 Å². The van der Waals surface area contributed by atoms with Crippen molar-refractivity contribution >= 4 is 32.2 Å². The maximum atomic E-state index is 12.9. The minimum absolute atomic E-state index is 0.0537. The van der Waals surface area contributed by atoms with Crippen LogP contribution in [-0.4, -0.2) is 36.7 Å². The van der Waals surface area contributed by atoms with Crippen LogP contribution in [0.25, 0.3) is 22.2 Å². The molecule has 0 radical (unpaired) electrons. The molecule has 0 aliphatic carbocycles. The van der Waals surface area contributed by atoms with Crippen molar-refractivity contribution in [2.24, 2.45) is 14.1 Å². The van der Waals surface area contributed by atoms with Gasteiger partial charge in [0.15, 0.2) is 11.2 Å². The Labute approximate surface area is 210 Å². The fourth-order valence-corrected chi connectivity index (χ4v) is 5.41. The van der Waals surface area contributed by atoms with Gasteiger partial charge in [0.25, 0.3) is 5.56 Å². The normalized spacial score (nSPS) is 12.1. The summed E-state index contributed by atoms with van der Waals surface area (Å²) in [5, 5.41) is 0. The van der Waals surface area contributed by atoms with E-state index in [1.807, 2.05) is 6.92 Å². The molecule has 3 heterocycles. The molecule has 0 unspecified atom stereocenters. The average Bonchev–Trinajstić information content (AvgIpc) is 3.41. The molecule has 5 rings (SSSR count). The molecular formula is C24H25N7O5S. The Kier molecular flexibility index (Phi) is 5.96. The first-order valence-electron chi connectivity index (χ1n) is 11.5. The van der Waals surface area contributed by atoms with Gasteiger partial charge in [-0.25, -0.2) is 27.7 Å². The van der Waals surface area contributed by atoms with Crippen molar-refractivity contribution in [1.29, 1.82) is 0 Å². The highest BCUT2D eigenvalue weighted by Crippen LogP contribution is 2.18. The van der Waals surface area contributed by atoms with E-state index in [0.29, 0.717) is 28.7 Å². The number of aromatic amines is 1. The Morgan fingerprint density at radius 3 is 2.32 bits per heavy atom. The monoisotopic (exact) mass is 523 g/mol. The molecule has 0 atom stereocenters. The van der Waals surface area contributed by atoms with Crippen LogP contribution in [0.4, 0.5) is 0 Å². The lowest BCUT2D eigenvalue weighted by Crippen LogP contribution is -2.31. The third-order valence-corrected chi connectivity index (χ3v) is 7.88. The van der Waals surface area contributed by atoms with Gasteiger partial charge in [-0.1, -0.05) is 24.3 Å². The quantitative estimate of drug-likeness (QED) is 0.320. The summed E-state index contributed by atoms with van der Waals surface area (Å²) in [5.41, 5.74) is 2.04. The molecule has 12 nitrogen and oxygen atoms in total. The largest absolute Gasteiger partial charge is 0.330 e. The Hall–Kier alpha value is -4.23. The summed E-state index contributed by atoms with van der Waals surface area (Å²) in [7, 11) is -0.599. The van der Waals surface area contributed by atoms with Gasteiger partial charge in [0.05, 0.1) is 28.8 Å². The van der Waals surface area contributed by atoms with E-state index in [4.69, 9.17) is 0 Å². The molecule has 0 aliphatic rings. The lowest BCUT2D eigenvalue weighted by Gasteiger charge is -2.10. The van der Waals surface area contributed by atoms with E-state index in [2.05, 4.69) is 14.7 Å². The van der Waals surface area contributed by atoms with E-state index in [1.54, 1.807) is 49.0 Å². The summed E-state index contributed by atoms with van der Waals surface area (Å²) < 4.78 is 34.3. The van der Waals surface area contributed by atoms with E-state index < -0.39 is 21.3 Å². The van der Waals surface area contributed by atoms with Crippen LogP contribution in [-0.2, 0) is 43.8 Å². The molecule has 2 N–H and O–H groups in total. The molecule has 0 saturated heterocycles. The zero-order valence-electron chi connectivity index (χ0n) is 20.4. The third-order valence-electron chi connectivity index (χ3n) is 6.48. The number of benzene rings is 2. The van der Waals surface area contributed by atoms with Crippen LogP contribution in [0.1, 0.15) is 18.1 Å². The molecule has 0 fully saturated rings. The van der Waals surface area contributed by atoms with Gasteiger partial charge in [0.2, 0.25) is 10.0 Å². The number of sulfonamides is 1. The first kappa shape index (κ1) is 24.5. The van der Waals surface area contributed by atoms with E-state index in [1.165, 1.54) is 32.2 Å². The zero-order valence-corrected chi connectivity index (χ0v) is 21.2. The lowest BCUT2D eigenvalue weighted by molar-refractivity contribution is 0.581. The second-order valence-electron chi connectivity index (χ2n) is 8.74. The molecule has 0 aliphatic heterocycles. The van der Waals surface area contributed by atoms with Gasteiger partial charge in [0, 0.05) is 27.2 Å². The second kappa shape index (κ2) is 9.01. The zero-order chi connectivity index (χ0) is 26.5. The SMILES string of the molecule is CCn1cnc2c1c(=O)[nH]c(=O)n2Cc1ccc(CNS(=O)(=O)c2ccc3c(c2)n(C)c(=O)n3C)cc1. The van der Waals surface area contributed by atoms with Crippen LogP contribution >= 0.6 is 0 Å². The van der Waals surface area contributed by atoms with E-state index in [0.717, 1.165) is 11.1 Å². The maximum Gasteiger partial charge on any atom is 0.330 e. The van der Waals surface area contributed by atoms with E-state index >= 15 is 0 Å². The highest BCUT2D eigenvalue weighted by molar-refractivity contribution is 7.89. The number of nitrogens with zero attached hydrogens (tertiary/aromatic N) is 5. The van der Waals surface area contributed by atoms with Crippen molar-refractivity contribution in [2.75, 3.05) is 0 Å². The fourth-order valence-electron chi connectivity index (χ4n) is 4.37.